The zero-order valence-corrected chi connectivity index (χ0v) is 21.8. The summed E-state index contributed by atoms with van der Waals surface area (Å²) in [6.45, 7) is 16.3. The van der Waals surface area contributed by atoms with Gasteiger partial charge in [0.15, 0.2) is 0 Å². The minimum absolute atomic E-state index is 0.487. The Hall–Kier alpha value is -2.76. The van der Waals surface area contributed by atoms with Crippen LogP contribution in [0.15, 0.2) is 30.3 Å². The van der Waals surface area contributed by atoms with Gasteiger partial charge in [0.2, 0.25) is 5.82 Å². The monoisotopic (exact) mass is 459 g/mol. The summed E-state index contributed by atoms with van der Waals surface area (Å²) < 4.78 is 3.84. The molecule has 0 saturated heterocycles. The summed E-state index contributed by atoms with van der Waals surface area (Å²) in [6.07, 6.45) is 5.31. The summed E-state index contributed by atoms with van der Waals surface area (Å²) in [5.74, 6) is 1.39. The van der Waals surface area contributed by atoms with Gasteiger partial charge >= 0.3 is 0 Å². The zero-order valence-electron chi connectivity index (χ0n) is 21.8. The fraction of sp³-hybridized carbons (Fsp3) is 0.448. The molecule has 0 amide bonds. The van der Waals surface area contributed by atoms with E-state index in [4.69, 9.17) is 5.10 Å². The van der Waals surface area contributed by atoms with Gasteiger partial charge in [0.1, 0.15) is 5.69 Å². The van der Waals surface area contributed by atoms with Crippen molar-refractivity contribution in [3.8, 4) is 5.69 Å². The van der Waals surface area contributed by atoms with E-state index < -0.39 is 11.2 Å². The fourth-order valence-corrected chi connectivity index (χ4v) is 5.50. The third kappa shape index (κ3) is 4.01. The lowest BCUT2D eigenvalue weighted by molar-refractivity contribution is -0.720. The van der Waals surface area contributed by atoms with Crippen molar-refractivity contribution >= 4 is 6.08 Å². The number of aliphatic hydroxyl groups is 1. The highest BCUT2D eigenvalue weighted by atomic mass is 16.4. The first-order valence-corrected chi connectivity index (χ1v) is 12.1. The summed E-state index contributed by atoms with van der Waals surface area (Å²) in [7, 11) is 0. The molecular weight excluding hydrogens is 422 g/mol. The van der Waals surface area contributed by atoms with Crippen molar-refractivity contribution in [2.45, 2.75) is 86.0 Å². The summed E-state index contributed by atoms with van der Waals surface area (Å²) in [4.78, 5) is 0. The van der Waals surface area contributed by atoms with E-state index in [1.54, 1.807) is 19.9 Å². The van der Waals surface area contributed by atoms with Gasteiger partial charge in [0.25, 0.3) is 5.82 Å². The Morgan fingerprint density at radius 3 is 2.00 bits per heavy atom. The molecule has 0 aliphatic carbocycles. The molecule has 1 aromatic heterocycles. The molecule has 0 bridgehead atoms. The van der Waals surface area contributed by atoms with Gasteiger partial charge in [-0.15, -0.1) is 0 Å². The van der Waals surface area contributed by atoms with Gasteiger partial charge in [-0.3, -0.25) is 0 Å². The van der Waals surface area contributed by atoms with Crippen molar-refractivity contribution in [2.75, 3.05) is 0 Å². The Kier molecular flexibility index (Phi) is 6.07. The van der Waals surface area contributed by atoms with Crippen molar-refractivity contribution in [1.29, 1.82) is 0 Å². The number of fused-ring (bicyclic) bond motifs is 1. The first kappa shape index (κ1) is 24.4. The van der Waals surface area contributed by atoms with Gasteiger partial charge in [0, 0.05) is 17.1 Å². The number of aromatic nitrogens is 3. The number of hydrogen-bond donors (Lipinski definition) is 1. The lowest BCUT2D eigenvalue weighted by Crippen LogP contribution is -2.62. The highest BCUT2D eigenvalue weighted by Gasteiger charge is 2.45. The largest absolute Gasteiger partial charge is 0.836 e. The van der Waals surface area contributed by atoms with E-state index in [0.717, 1.165) is 58.7 Å². The van der Waals surface area contributed by atoms with Crippen molar-refractivity contribution in [3.63, 3.8) is 0 Å². The molecule has 4 rings (SSSR count). The van der Waals surface area contributed by atoms with E-state index in [1.165, 1.54) is 11.1 Å². The normalized spacial score (nSPS) is 15.7. The Morgan fingerprint density at radius 2 is 1.47 bits per heavy atom. The second-order valence-electron chi connectivity index (χ2n) is 10.6. The molecule has 0 spiro atoms. The van der Waals surface area contributed by atoms with E-state index in [2.05, 4.69) is 65.8 Å². The van der Waals surface area contributed by atoms with Crippen LogP contribution in [0.4, 0.5) is 0 Å². The molecule has 1 atom stereocenters. The van der Waals surface area contributed by atoms with E-state index in [9.17, 15) is 10.2 Å². The first-order chi connectivity index (χ1) is 15.8. The molecule has 2 aromatic carbocycles. The molecule has 0 radical (unpaired) electrons. The predicted octanol–water partition coefficient (Wildman–Crippen LogP) is 4.00. The van der Waals surface area contributed by atoms with Gasteiger partial charge in [-0.2, -0.15) is 0 Å². The van der Waals surface area contributed by atoms with Crippen LogP contribution in [-0.4, -0.2) is 20.5 Å². The molecule has 0 saturated carbocycles. The molecule has 1 unspecified atom stereocenters. The van der Waals surface area contributed by atoms with Crippen LogP contribution >= 0.6 is 0 Å². The summed E-state index contributed by atoms with van der Waals surface area (Å²) in [6, 6.07) is 8.49. The molecule has 1 N–H and O–H groups in total. The van der Waals surface area contributed by atoms with Crippen LogP contribution in [-0.2, 0) is 18.6 Å². The highest BCUT2D eigenvalue weighted by Crippen LogP contribution is 2.35. The van der Waals surface area contributed by atoms with Crippen molar-refractivity contribution in [2.24, 2.45) is 0 Å². The molecule has 1 aliphatic rings. The third-order valence-electron chi connectivity index (χ3n) is 7.08. The van der Waals surface area contributed by atoms with Crippen molar-refractivity contribution in [3.05, 3.63) is 80.9 Å². The molecule has 1 aliphatic heterocycles. The minimum Gasteiger partial charge on any atom is -0.836 e. The maximum absolute atomic E-state index is 14.9. The molecular formula is C29H37N3O2. The summed E-state index contributed by atoms with van der Waals surface area (Å²) in [5.41, 5.74) is 5.18. The third-order valence-corrected chi connectivity index (χ3v) is 7.08. The SMILES string of the molecule is Cc1cc(C)c(/C=C/C([O-])(c2n(-c3c(C)cc(C)cc3C)nc3[n+]2CCC3)C(C)(C)O)c(C)c1. The number of nitrogens with zero attached hydrogens (tertiary/aromatic N) is 3. The van der Waals surface area contributed by atoms with Crippen molar-refractivity contribution < 1.29 is 14.8 Å². The molecule has 0 fully saturated rings. The highest BCUT2D eigenvalue weighted by molar-refractivity contribution is 5.60. The van der Waals surface area contributed by atoms with Gasteiger partial charge in [-0.1, -0.05) is 52.2 Å². The Bertz CT molecular complexity index is 1250. The summed E-state index contributed by atoms with van der Waals surface area (Å²) >= 11 is 0. The Balaban J connectivity index is 1.99. The van der Waals surface area contributed by atoms with Crippen LogP contribution in [0.2, 0.25) is 0 Å². The lowest BCUT2D eigenvalue weighted by Gasteiger charge is -2.45. The maximum Gasteiger partial charge on any atom is 0.278 e. The average molecular weight is 460 g/mol. The average Bonchev–Trinajstić information content (AvgIpc) is 3.26. The van der Waals surface area contributed by atoms with Crippen LogP contribution in [0.1, 0.15) is 70.9 Å². The van der Waals surface area contributed by atoms with Gasteiger partial charge < -0.3 is 10.2 Å². The predicted molar refractivity (Wildman–Crippen MR) is 134 cm³/mol. The Labute approximate surface area is 203 Å². The number of hydrogen-bond acceptors (Lipinski definition) is 3. The Morgan fingerprint density at radius 1 is 0.941 bits per heavy atom. The van der Waals surface area contributed by atoms with Gasteiger partial charge in [-0.05, 0) is 89.6 Å². The second kappa shape index (κ2) is 8.47. The topological polar surface area (TPSA) is 65.0 Å². The molecule has 180 valence electrons. The first-order valence-electron chi connectivity index (χ1n) is 12.1. The standard InChI is InChI=1S/C29H37N3O2/c1-18-14-20(3)24(21(4)15-18)11-12-29(34,28(7,8)33)27-31-13-9-10-25(31)30-32(27)26-22(5)16-19(2)17-23(26)6/h11-12,14-17,33H,9-10,13H2,1-8H3/b12-11+. The zero-order chi connectivity index (χ0) is 25.0. The molecule has 3 aromatic rings. The number of rotatable bonds is 5. The molecule has 2 heterocycles. The smallest absolute Gasteiger partial charge is 0.278 e. The minimum atomic E-state index is -1.92. The van der Waals surface area contributed by atoms with Crippen LogP contribution in [0, 0.1) is 41.5 Å². The summed E-state index contributed by atoms with van der Waals surface area (Å²) in [5, 5.41) is 31.1. The van der Waals surface area contributed by atoms with Crippen molar-refractivity contribution in [1.82, 2.24) is 9.78 Å². The van der Waals surface area contributed by atoms with Gasteiger partial charge in [-0.25, -0.2) is 4.57 Å². The second-order valence-corrected chi connectivity index (χ2v) is 10.6. The maximum atomic E-state index is 14.9. The van der Waals surface area contributed by atoms with Gasteiger partial charge in [0.05, 0.1) is 12.1 Å². The van der Waals surface area contributed by atoms with Crippen LogP contribution in [0.3, 0.4) is 0 Å². The van der Waals surface area contributed by atoms with Crippen LogP contribution in [0.5, 0.6) is 0 Å². The van der Waals surface area contributed by atoms with Crippen LogP contribution in [0.25, 0.3) is 11.8 Å². The number of aryl methyl sites for hydroxylation is 7. The fourth-order valence-electron chi connectivity index (χ4n) is 5.50. The van der Waals surface area contributed by atoms with E-state index >= 15 is 0 Å². The molecule has 5 heteroatoms. The quantitative estimate of drug-likeness (QED) is 0.587. The molecule has 34 heavy (non-hydrogen) atoms. The number of benzene rings is 2. The lowest BCUT2D eigenvalue weighted by atomic mass is 9.83. The van der Waals surface area contributed by atoms with E-state index in [0.29, 0.717) is 5.82 Å². The van der Waals surface area contributed by atoms with E-state index in [1.807, 2.05) is 15.3 Å². The van der Waals surface area contributed by atoms with Crippen LogP contribution < -0.4 is 9.67 Å². The molecule has 5 nitrogen and oxygen atoms in total. The van der Waals surface area contributed by atoms with E-state index in [-0.39, 0.29) is 0 Å².